The van der Waals surface area contributed by atoms with Gasteiger partial charge in [-0.1, -0.05) is 11.6 Å². The third-order valence-electron chi connectivity index (χ3n) is 4.04. The average Bonchev–Trinajstić information content (AvgIpc) is 3.41. The van der Waals surface area contributed by atoms with Gasteiger partial charge in [-0.15, -0.1) is 0 Å². The molecule has 0 saturated heterocycles. The second-order valence-electron chi connectivity index (χ2n) is 7.63. The van der Waals surface area contributed by atoms with E-state index in [0.717, 1.165) is 24.8 Å². The van der Waals surface area contributed by atoms with E-state index in [1.54, 1.807) is 25.2 Å². The molecular formula is C20H30ClNO5. The van der Waals surface area contributed by atoms with E-state index in [4.69, 9.17) is 30.5 Å². The zero-order valence-electron chi connectivity index (χ0n) is 16.8. The number of ether oxygens (including phenoxy) is 4. The van der Waals surface area contributed by atoms with Gasteiger partial charge in [0, 0.05) is 37.3 Å². The fourth-order valence-electron chi connectivity index (χ4n) is 2.59. The van der Waals surface area contributed by atoms with Gasteiger partial charge in [0.15, 0.2) is 11.5 Å². The van der Waals surface area contributed by atoms with E-state index in [1.807, 2.05) is 26.8 Å². The van der Waals surface area contributed by atoms with Gasteiger partial charge in [-0.2, -0.15) is 0 Å². The third kappa shape index (κ3) is 6.78. The van der Waals surface area contributed by atoms with Crippen LogP contribution in [0.2, 0.25) is 5.02 Å². The molecule has 27 heavy (non-hydrogen) atoms. The second kappa shape index (κ2) is 9.51. The minimum atomic E-state index is -0.538. The molecular weight excluding hydrogens is 370 g/mol. The highest BCUT2D eigenvalue weighted by Gasteiger charge is 2.35. The molecule has 0 N–H and O–H groups in total. The number of rotatable bonds is 9. The van der Waals surface area contributed by atoms with E-state index in [2.05, 4.69) is 0 Å². The van der Waals surface area contributed by atoms with E-state index < -0.39 is 5.60 Å². The molecule has 0 unspecified atom stereocenters. The topological polar surface area (TPSA) is 57.2 Å². The van der Waals surface area contributed by atoms with Gasteiger partial charge in [-0.3, -0.25) is 0 Å². The van der Waals surface area contributed by atoms with Crippen LogP contribution in [0.1, 0.15) is 45.6 Å². The fourth-order valence-corrected chi connectivity index (χ4v) is 2.80. The van der Waals surface area contributed by atoms with Crippen LogP contribution in [0.5, 0.6) is 11.5 Å². The highest BCUT2D eigenvalue weighted by Crippen LogP contribution is 2.36. The largest absolute Gasteiger partial charge is 0.493 e. The predicted octanol–water partition coefficient (Wildman–Crippen LogP) is 4.66. The first-order chi connectivity index (χ1) is 12.7. The standard InChI is InChI=1S/C20H30ClNO5/c1-20(2,3)27-19(23)22(15-7-8-15)13-14-11-18(26-10-6-9-24-4)17(25-5)12-16(14)21/h11-12,15H,6-10,13H2,1-5H3. The van der Waals surface area contributed by atoms with Crippen LogP contribution in [-0.2, 0) is 16.0 Å². The van der Waals surface area contributed by atoms with Crippen molar-refractivity contribution >= 4 is 17.7 Å². The molecule has 152 valence electrons. The summed E-state index contributed by atoms with van der Waals surface area (Å²) in [5, 5.41) is 0.533. The molecule has 1 amide bonds. The van der Waals surface area contributed by atoms with Crippen LogP contribution < -0.4 is 9.47 Å². The van der Waals surface area contributed by atoms with Crippen LogP contribution in [-0.4, -0.2) is 50.1 Å². The lowest BCUT2D eigenvalue weighted by atomic mass is 10.1. The zero-order chi connectivity index (χ0) is 20.0. The molecule has 0 spiro atoms. The highest BCUT2D eigenvalue weighted by molar-refractivity contribution is 6.31. The van der Waals surface area contributed by atoms with Crippen molar-refractivity contribution in [1.29, 1.82) is 0 Å². The van der Waals surface area contributed by atoms with Crippen molar-refractivity contribution in [2.24, 2.45) is 0 Å². The Labute approximate surface area is 166 Å². The number of methoxy groups -OCH3 is 2. The van der Waals surface area contributed by atoms with Gasteiger partial charge < -0.3 is 23.8 Å². The maximum atomic E-state index is 12.6. The van der Waals surface area contributed by atoms with Gasteiger partial charge in [0.2, 0.25) is 0 Å². The van der Waals surface area contributed by atoms with E-state index in [-0.39, 0.29) is 12.1 Å². The molecule has 1 fully saturated rings. The molecule has 1 aliphatic rings. The minimum Gasteiger partial charge on any atom is -0.493 e. The molecule has 6 nitrogen and oxygen atoms in total. The molecule has 1 aromatic carbocycles. The number of halogens is 1. The number of amides is 1. The summed E-state index contributed by atoms with van der Waals surface area (Å²) in [5.41, 5.74) is 0.265. The molecule has 1 aromatic rings. The molecule has 0 aromatic heterocycles. The summed E-state index contributed by atoms with van der Waals surface area (Å²) in [4.78, 5) is 14.3. The lowest BCUT2D eigenvalue weighted by Crippen LogP contribution is -2.37. The summed E-state index contributed by atoms with van der Waals surface area (Å²) in [6.45, 7) is 7.09. The van der Waals surface area contributed by atoms with Crippen molar-refractivity contribution in [3.05, 3.63) is 22.7 Å². The SMILES string of the molecule is COCCCOc1cc(CN(C(=O)OC(C)(C)C)C2CC2)c(Cl)cc1OC. The average molecular weight is 400 g/mol. The Hall–Kier alpha value is -1.66. The lowest BCUT2D eigenvalue weighted by molar-refractivity contribution is 0.0216. The van der Waals surface area contributed by atoms with Crippen molar-refractivity contribution in [2.45, 2.75) is 58.2 Å². The van der Waals surface area contributed by atoms with E-state index in [1.165, 1.54) is 0 Å². The van der Waals surface area contributed by atoms with Crippen LogP contribution in [0.25, 0.3) is 0 Å². The number of benzene rings is 1. The first kappa shape index (κ1) is 21.6. The van der Waals surface area contributed by atoms with Crippen molar-refractivity contribution in [1.82, 2.24) is 4.90 Å². The molecule has 0 radical (unpaired) electrons. The Balaban J connectivity index is 2.16. The summed E-state index contributed by atoms with van der Waals surface area (Å²) in [5.74, 6) is 1.17. The zero-order valence-corrected chi connectivity index (χ0v) is 17.6. The van der Waals surface area contributed by atoms with Gasteiger partial charge in [0.1, 0.15) is 5.60 Å². The summed E-state index contributed by atoms with van der Waals surface area (Å²) in [7, 11) is 3.23. The Morgan fingerprint density at radius 2 is 1.89 bits per heavy atom. The fraction of sp³-hybridized carbons (Fsp3) is 0.650. The van der Waals surface area contributed by atoms with Gasteiger partial charge in [-0.05, 0) is 45.2 Å². The number of hydrogen-bond acceptors (Lipinski definition) is 5. The number of nitrogens with zero attached hydrogens (tertiary/aromatic N) is 1. The Kier molecular flexibility index (Phi) is 7.62. The monoisotopic (exact) mass is 399 g/mol. The number of carbonyl (C=O) groups is 1. The van der Waals surface area contributed by atoms with Crippen LogP contribution in [0.3, 0.4) is 0 Å². The van der Waals surface area contributed by atoms with Crippen LogP contribution in [0, 0.1) is 0 Å². The second-order valence-corrected chi connectivity index (χ2v) is 8.04. The summed E-state index contributed by atoms with van der Waals surface area (Å²) >= 11 is 6.44. The van der Waals surface area contributed by atoms with Crippen LogP contribution in [0.4, 0.5) is 4.79 Å². The van der Waals surface area contributed by atoms with Crippen molar-refractivity contribution in [2.75, 3.05) is 27.4 Å². The minimum absolute atomic E-state index is 0.198. The molecule has 0 heterocycles. The molecule has 1 aliphatic carbocycles. The summed E-state index contributed by atoms with van der Waals surface area (Å²) < 4.78 is 21.8. The summed E-state index contributed by atoms with van der Waals surface area (Å²) in [6, 6.07) is 3.76. The molecule has 0 atom stereocenters. The normalized spacial score (nSPS) is 14.0. The van der Waals surface area contributed by atoms with E-state index >= 15 is 0 Å². The Morgan fingerprint density at radius 3 is 2.44 bits per heavy atom. The lowest BCUT2D eigenvalue weighted by Gasteiger charge is -2.28. The smallest absolute Gasteiger partial charge is 0.410 e. The maximum absolute atomic E-state index is 12.6. The number of hydrogen-bond donors (Lipinski definition) is 0. The Bertz CT molecular complexity index is 640. The van der Waals surface area contributed by atoms with Crippen LogP contribution >= 0.6 is 11.6 Å². The van der Waals surface area contributed by atoms with Gasteiger partial charge in [0.25, 0.3) is 0 Å². The third-order valence-corrected chi connectivity index (χ3v) is 4.39. The first-order valence-electron chi connectivity index (χ1n) is 9.23. The Morgan fingerprint density at radius 1 is 1.19 bits per heavy atom. The van der Waals surface area contributed by atoms with Crippen molar-refractivity contribution in [3.8, 4) is 11.5 Å². The van der Waals surface area contributed by atoms with Gasteiger partial charge >= 0.3 is 6.09 Å². The van der Waals surface area contributed by atoms with Crippen LogP contribution in [0.15, 0.2) is 12.1 Å². The van der Waals surface area contributed by atoms with Gasteiger partial charge in [-0.25, -0.2) is 4.79 Å². The quantitative estimate of drug-likeness (QED) is 0.565. The molecule has 7 heteroatoms. The first-order valence-corrected chi connectivity index (χ1v) is 9.60. The molecule has 0 aliphatic heterocycles. The van der Waals surface area contributed by atoms with Gasteiger partial charge in [0.05, 0.1) is 20.3 Å². The van der Waals surface area contributed by atoms with Crippen molar-refractivity contribution < 1.29 is 23.7 Å². The molecule has 1 saturated carbocycles. The predicted molar refractivity (Wildman–Crippen MR) is 105 cm³/mol. The highest BCUT2D eigenvalue weighted by atomic mass is 35.5. The van der Waals surface area contributed by atoms with E-state index in [9.17, 15) is 4.79 Å². The number of carbonyl (C=O) groups excluding carboxylic acids is 1. The van der Waals surface area contributed by atoms with E-state index in [0.29, 0.717) is 36.3 Å². The summed E-state index contributed by atoms with van der Waals surface area (Å²) in [6.07, 6.45) is 2.41. The van der Waals surface area contributed by atoms with Crippen molar-refractivity contribution in [3.63, 3.8) is 0 Å². The molecule has 0 bridgehead atoms. The molecule has 2 rings (SSSR count). The maximum Gasteiger partial charge on any atom is 0.410 e.